The highest BCUT2D eigenvalue weighted by molar-refractivity contribution is 8.02. The normalized spacial score (nSPS) is 11.6. The highest BCUT2D eigenvalue weighted by atomic mass is 32.2. The Hall–Kier alpha value is -2.26. The summed E-state index contributed by atoms with van der Waals surface area (Å²) < 4.78 is 5.16. The monoisotopic (exact) mass is 272 g/mol. The molecule has 0 amide bonds. The van der Waals surface area contributed by atoms with E-state index in [1.807, 2.05) is 36.6 Å². The van der Waals surface area contributed by atoms with Crippen molar-refractivity contribution in [1.82, 2.24) is 15.5 Å². The maximum atomic E-state index is 9.20. The van der Waals surface area contributed by atoms with Crippen LogP contribution in [-0.2, 0) is 0 Å². The van der Waals surface area contributed by atoms with E-state index in [2.05, 4.69) is 21.5 Å². The average Bonchev–Trinajstić information content (AvgIpc) is 2.95. The molecular formula is C13H12N4OS. The molecule has 0 spiro atoms. The summed E-state index contributed by atoms with van der Waals surface area (Å²) in [5, 5.41) is 16.7. The van der Waals surface area contributed by atoms with Gasteiger partial charge in [-0.25, -0.2) is 0 Å². The number of nitrogens with zero attached hydrogens (tertiary/aromatic N) is 3. The smallest absolute Gasteiger partial charge is 0.271 e. The number of benzene rings is 1. The Bertz CT molecular complexity index is 622. The zero-order valence-electron chi connectivity index (χ0n) is 10.5. The quantitative estimate of drug-likeness (QED) is 0.862. The molecule has 1 N–H and O–H groups in total. The van der Waals surface area contributed by atoms with E-state index in [0.29, 0.717) is 16.4 Å². The van der Waals surface area contributed by atoms with E-state index in [1.54, 1.807) is 7.05 Å². The lowest BCUT2D eigenvalue weighted by Gasteiger charge is -2.02. The first-order valence-electron chi connectivity index (χ1n) is 5.55. The van der Waals surface area contributed by atoms with Gasteiger partial charge in [0.25, 0.3) is 5.89 Å². The number of rotatable bonds is 4. The standard InChI is InChI=1S/C13H12N4OS/c1-15-13(19-2)10(8-14)12-16-11(17-18-12)9-6-4-3-5-7-9/h3-7,15H,1-2H3. The molecule has 0 aliphatic heterocycles. The van der Waals surface area contributed by atoms with Crippen molar-refractivity contribution >= 4 is 17.3 Å². The number of nitrogens with one attached hydrogen (secondary N) is 1. The van der Waals surface area contributed by atoms with Gasteiger partial charge in [-0.3, -0.25) is 0 Å². The van der Waals surface area contributed by atoms with Gasteiger partial charge in [0.1, 0.15) is 11.6 Å². The van der Waals surface area contributed by atoms with Gasteiger partial charge in [-0.15, -0.1) is 11.8 Å². The van der Waals surface area contributed by atoms with Crippen LogP contribution in [0.15, 0.2) is 39.9 Å². The summed E-state index contributed by atoms with van der Waals surface area (Å²) in [5.41, 5.74) is 1.20. The Morgan fingerprint density at radius 1 is 1.37 bits per heavy atom. The van der Waals surface area contributed by atoms with Crippen molar-refractivity contribution in [2.75, 3.05) is 13.3 Å². The number of nitriles is 1. The second-order valence-corrected chi connectivity index (χ2v) is 4.38. The second kappa shape index (κ2) is 6.07. The Morgan fingerprint density at radius 3 is 2.68 bits per heavy atom. The Kier molecular flexibility index (Phi) is 4.21. The van der Waals surface area contributed by atoms with E-state index in [4.69, 9.17) is 4.52 Å². The molecule has 96 valence electrons. The van der Waals surface area contributed by atoms with E-state index in [9.17, 15) is 5.26 Å². The topological polar surface area (TPSA) is 74.7 Å². The highest BCUT2D eigenvalue weighted by Gasteiger charge is 2.16. The molecular weight excluding hydrogens is 260 g/mol. The van der Waals surface area contributed by atoms with Gasteiger partial charge >= 0.3 is 0 Å². The van der Waals surface area contributed by atoms with Crippen molar-refractivity contribution < 1.29 is 4.52 Å². The lowest BCUT2D eigenvalue weighted by molar-refractivity contribution is 0.409. The Balaban J connectivity index is 2.42. The second-order valence-electron chi connectivity index (χ2n) is 3.56. The molecule has 1 heterocycles. The largest absolute Gasteiger partial charge is 0.382 e. The molecule has 0 saturated carbocycles. The van der Waals surface area contributed by atoms with Gasteiger partial charge in [-0.2, -0.15) is 10.2 Å². The molecule has 0 unspecified atom stereocenters. The van der Waals surface area contributed by atoms with Gasteiger partial charge in [0.05, 0.1) is 5.03 Å². The van der Waals surface area contributed by atoms with Crippen molar-refractivity contribution in [3.63, 3.8) is 0 Å². The number of hydrogen-bond acceptors (Lipinski definition) is 6. The minimum absolute atomic E-state index is 0.222. The number of aromatic nitrogens is 2. The zero-order chi connectivity index (χ0) is 13.7. The van der Waals surface area contributed by atoms with Gasteiger partial charge in [0.15, 0.2) is 0 Å². The summed E-state index contributed by atoms with van der Waals surface area (Å²) in [7, 11) is 1.75. The summed E-state index contributed by atoms with van der Waals surface area (Å²) >= 11 is 1.42. The number of allylic oxidation sites excluding steroid dienone is 1. The van der Waals surface area contributed by atoms with Crippen LogP contribution in [0.2, 0.25) is 0 Å². The molecule has 0 aliphatic rings. The van der Waals surface area contributed by atoms with Crippen LogP contribution in [0.1, 0.15) is 5.89 Å². The minimum Gasteiger partial charge on any atom is -0.382 e. The first-order chi connectivity index (χ1) is 9.30. The van der Waals surface area contributed by atoms with Crippen LogP contribution in [0.3, 0.4) is 0 Å². The van der Waals surface area contributed by atoms with Gasteiger partial charge in [-0.1, -0.05) is 35.5 Å². The molecule has 6 heteroatoms. The molecule has 19 heavy (non-hydrogen) atoms. The molecule has 2 aromatic rings. The summed E-state index contributed by atoms with van der Waals surface area (Å²) in [4.78, 5) is 4.26. The van der Waals surface area contributed by atoms with E-state index in [1.165, 1.54) is 11.8 Å². The third-order valence-electron chi connectivity index (χ3n) is 2.44. The van der Waals surface area contributed by atoms with Gasteiger partial charge < -0.3 is 9.84 Å². The maximum Gasteiger partial charge on any atom is 0.271 e. The minimum atomic E-state index is 0.222. The lowest BCUT2D eigenvalue weighted by atomic mass is 10.2. The average molecular weight is 272 g/mol. The molecule has 1 aromatic heterocycles. The van der Waals surface area contributed by atoms with E-state index >= 15 is 0 Å². The van der Waals surface area contributed by atoms with Crippen LogP contribution in [0.5, 0.6) is 0 Å². The molecule has 0 atom stereocenters. The predicted octanol–water partition coefficient (Wildman–Crippen LogP) is 2.51. The van der Waals surface area contributed by atoms with Gasteiger partial charge in [0, 0.05) is 12.6 Å². The fourth-order valence-corrected chi connectivity index (χ4v) is 2.10. The van der Waals surface area contributed by atoms with Crippen LogP contribution in [-0.4, -0.2) is 23.4 Å². The van der Waals surface area contributed by atoms with Crippen molar-refractivity contribution in [2.45, 2.75) is 0 Å². The fraction of sp³-hybridized carbons (Fsp3) is 0.154. The van der Waals surface area contributed by atoms with Crippen LogP contribution in [0.25, 0.3) is 17.0 Å². The lowest BCUT2D eigenvalue weighted by Crippen LogP contribution is -2.04. The summed E-state index contributed by atoms with van der Waals surface area (Å²) in [5.74, 6) is 0.694. The third-order valence-corrected chi connectivity index (χ3v) is 3.26. The number of hydrogen-bond donors (Lipinski definition) is 1. The van der Waals surface area contributed by atoms with Crippen molar-refractivity contribution in [3.8, 4) is 17.5 Å². The molecule has 2 rings (SSSR count). The zero-order valence-corrected chi connectivity index (χ0v) is 11.4. The van der Waals surface area contributed by atoms with Gasteiger partial charge in [0.2, 0.25) is 5.82 Å². The maximum absolute atomic E-state index is 9.20. The van der Waals surface area contributed by atoms with E-state index in [0.717, 1.165) is 5.56 Å². The third kappa shape index (κ3) is 2.77. The fourth-order valence-electron chi connectivity index (χ4n) is 1.55. The van der Waals surface area contributed by atoms with E-state index in [-0.39, 0.29) is 5.89 Å². The Morgan fingerprint density at radius 2 is 2.11 bits per heavy atom. The Labute approximate surface area is 115 Å². The van der Waals surface area contributed by atoms with Crippen LogP contribution in [0, 0.1) is 11.3 Å². The summed E-state index contributed by atoms with van der Waals surface area (Å²) in [6, 6.07) is 11.6. The van der Waals surface area contributed by atoms with Crippen molar-refractivity contribution in [3.05, 3.63) is 41.3 Å². The SMILES string of the molecule is CNC(SC)=C(C#N)c1nc(-c2ccccc2)no1. The predicted molar refractivity (Wildman–Crippen MR) is 74.8 cm³/mol. The van der Waals surface area contributed by atoms with E-state index < -0.39 is 0 Å². The molecule has 0 fully saturated rings. The molecule has 0 saturated heterocycles. The molecule has 0 aliphatic carbocycles. The van der Waals surface area contributed by atoms with Crippen molar-refractivity contribution in [2.24, 2.45) is 0 Å². The summed E-state index contributed by atoms with van der Waals surface area (Å²) in [6.45, 7) is 0. The first-order valence-corrected chi connectivity index (χ1v) is 6.78. The molecule has 1 aromatic carbocycles. The first kappa shape index (κ1) is 13.2. The molecule has 5 nitrogen and oxygen atoms in total. The summed E-state index contributed by atoms with van der Waals surface area (Å²) in [6.07, 6.45) is 1.87. The highest BCUT2D eigenvalue weighted by Crippen LogP contribution is 2.23. The van der Waals surface area contributed by atoms with Crippen LogP contribution >= 0.6 is 11.8 Å². The van der Waals surface area contributed by atoms with Crippen LogP contribution < -0.4 is 5.32 Å². The molecule has 0 radical (unpaired) electrons. The van der Waals surface area contributed by atoms with Gasteiger partial charge in [-0.05, 0) is 6.26 Å². The number of thioether (sulfide) groups is 1. The van der Waals surface area contributed by atoms with Crippen LogP contribution in [0.4, 0.5) is 0 Å². The van der Waals surface area contributed by atoms with Crippen molar-refractivity contribution in [1.29, 1.82) is 5.26 Å². The molecule has 0 bridgehead atoms.